The van der Waals surface area contributed by atoms with E-state index in [4.69, 9.17) is 4.74 Å². The van der Waals surface area contributed by atoms with Gasteiger partial charge in [-0.25, -0.2) is 13.1 Å². The standard InChI is InChI=1S/C20H26N2O4S2/c1-16-6-2-3-7-18(16)26-14-4-8-19(23)22-12-10-17(11-13-22)21-28(24,25)20-9-5-15-27-20/h2-3,5-7,9,15,17,21H,4,8,10-14H2,1H3. The molecule has 3 rings (SSSR count). The van der Waals surface area contributed by atoms with Crippen molar-refractivity contribution in [1.82, 2.24) is 9.62 Å². The molecule has 1 aromatic heterocycles. The molecule has 1 aliphatic heterocycles. The number of thiophene rings is 1. The van der Waals surface area contributed by atoms with Crippen LogP contribution in [0.25, 0.3) is 0 Å². The summed E-state index contributed by atoms with van der Waals surface area (Å²) in [7, 11) is -3.45. The number of benzene rings is 1. The van der Waals surface area contributed by atoms with Crippen molar-refractivity contribution in [2.45, 2.75) is 42.9 Å². The molecule has 2 heterocycles. The van der Waals surface area contributed by atoms with Crippen molar-refractivity contribution < 1.29 is 17.9 Å². The van der Waals surface area contributed by atoms with E-state index in [0.717, 1.165) is 11.3 Å². The number of likely N-dealkylation sites (tertiary alicyclic amines) is 1. The molecule has 28 heavy (non-hydrogen) atoms. The molecule has 6 nitrogen and oxygen atoms in total. The summed E-state index contributed by atoms with van der Waals surface area (Å²) in [6.07, 6.45) is 2.38. The van der Waals surface area contributed by atoms with Gasteiger partial charge in [-0.05, 0) is 49.3 Å². The summed E-state index contributed by atoms with van der Waals surface area (Å²) in [5, 5.41) is 1.75. The molecule has 8 heteroatoms. The van der Waals surface area contributed by atoms with Gasteiger partial charge in [-0.15, -0.1) is 11.3 Å². The molecular weight excluding hydrogens is 396 g/mol. The van der Waals surface area contributed by atoms with Crippen LogP contribution >= 0.6 is 11.3 Å². The summed E-state index contributed by atoms with van der Waals surface area (Å²) >= 11 is 1.21. The minimum atomic E-state index is -3.45. The average Bonchev–Trinajstić information content (AvgIpc) is 3.22. The highest BCUT2D eigenvalue weighted by Gasteiger charge is 2.26. The molecule has 0 unspecified atom stereocenters. The molecule has 1 N–H and O–H groups in total. The summed E-state index contributed by atoms with van der Waals surface area (Å²) in [5.74, 6) is 0.960. The van der Waals surface area contributed by atoms with Crippen molar-refractivity contribution in [2.24, 2.45) is 0 Å². The monoisotopic (exact) mass is 422 g/mol. The third-order valence-electron chi connectivity index (χ3n) is 4.82. The van der Waals surface area contributed by atoms with Gasteiger partial charge in [0.05, 0.1) is 6.61 Å². The van der Waals surface area contributed by atoms with E-state index in [1.54, 1.807) is 17.5 Å². The number of aryl methyl sites for hydroxylation is 1. The Morgan fingerprint density at radius 2 is 1.96 bits per heavy atom. The average molecular weight is 423 g/mol. The van der Waals surface area contributed by atoms with Crippen molar-refractivity contribution in [3.05, 3.63) is 47.3 Å². The lowest BCUT2D eigenvalue weighted by Crippen LogP contribution is -2.46. The maximum absolute atomic E-state index is 12.4. The number of hydrogen-bond donors (Lipinski definition) is 1. The molecule has 152 valence electrons. The van der Waals surface area contributed by atoms with Crippen LogP contribution in [0, 0.1) is 6.92 Å². The molecule has 0 spiro atoms. The van der Waals surface area contributed by atoms with Crippen LogP contribution in [0.4, 0.5) is 0 Å². The van der Waals surface area contributed by atoms with Crippen molar-refractivity contribution in [3.63, 3.8) is 0 Å². The first-order valence-electron chi connectivity index (χ1n) is 9.48. The topological polar surface area (TPSA) is 75.7 Å². The summed E-state index contributed by atoms with van der Waals surface area (Å²) < 4.78 is 33.4. The Balaban J connectivity index is 1.37. The molecule has 0 aliphatic carbocycles. The summed E-state index contributed by atoms with van der Waals surface area (Å²) in [6.45, 7) is 3.66. The molecule has 1 saturated heterocycles. The fourth-order valence-corrected chi connectivity index (χ4v) is 5.54. The maximum Gasteiger partial charge on any atom is 0.250 e. The van der Waals surface area contributed by atoms with Crippen LogP contribution in [0.3, 0.4) is 0 Å². The fraction of sp³-hybridized carbons (Fsp3) is 0.450. The molecule has 1 amide bonds. The Labute approximate surface area is 170 Å². The molecule has 1 aliphatic rings. The number of piperidine rings is 1. The van der Waals surface area contributed by atoms with E-state index in [1.807, 2.05) is 36.1 Å². The highest BCUT2D eigenvalue weighted by atomic mass is 32.2. The quantitative estimate of drug-likeness (QED) is 0.663. The molecule has 0 radical (unpaired) electrons. The largest absolute Gasteiger partial charge is 0.493 e. The van der Waals surface area contributed by atoms with Gasteiger partial charge in [0, 0.05) is 25.6 Å². The van der Waals surface area contributed by atoms with Gasteiger partial charge in [-0.3, -0.25) is 4.79 Å². The second kappa shape index (κ2) is 9.54. The van der Waals surface area contributed by atoms with Gasteiger partial charge >= 0.3 is 0 Å². The normalized spacial score (nSPS) is 15.5. The van der Waals surface area contributed by atoms with Gasteiger partial charge in [-0.1, -0.05) is 24.3 Å². The molecule has 2 aromatic rings. The Kier molecular flexibility index (Phi) is 7.09. The van der Waals surface area contributed by atoms with Crippen LogP contribution < -0.4 is 9.46 Å². The summed E-state index contributed by atoms with van der Waals surface area (Å²) in [5.41, 5.74) is 1.08. The Hall–Kier alpha value is -1.90. The van der Waals surface area contributed by atoms with Gasteiger partial charge in [0.15, 0.2) is 0 Å². The second-order valence-electron chi connectivity index (χ2n) is 6.93. The number of sulfonamides is 1. The Morgan fingerprint density at radius 3 is 2.64 bits per heavy atom. The lowest BCUT2D eigenvalue weighted by molar-refractivity contribution is -0.132. The lowest BCUT2D eigenvalue weighted by Gasteiger charge is -2.32. The maximum atomic E-state index is 12.4. The Bertz CT molecular complexity index is 873. The third kappa shape index (κ3) is 5.56. The number of carbonyl (C=O) groups excluding carboxylic acids is 1. The van der Waals surface area contributed by atoms with Gasteiger partial charge in [0.25, 0.3) is 0 Å². The van der Waals surface area contributed by atoms with E-state index < -0.39 is 10.0 Å². The number of hydrogen-bond acceptors (Lipinski definition) is 5. The van der Waals surface area contributed by atoms with Gasteiger partial charge < -0.3 is 9.64 Å². The smallest absolute Gasteiger partial charge is 0.250 e. The molecule has 0 bridgehead atoms. The minimum absolute atomic E-state index is 0.105. The van der Waals surface area contributed by atoms with Gasteiger partial charge in [0.1, 0.15) is 9.96 Å². The Morgan fingerprint density at radius 1 is 1.21 bits per heavy atom. The van der Waals surface area contributed by atoms with E-state index in [9.17, 15) is 13.2 Å². The predicted molar refractivity (Wildman–Crippen MR) is 110 cm³/mol. The SMILES string of the molecule is Cc1ccccc1OCCCC(=O)N1CCC(NS(=O)(=O)c2cccs2)CC1. The zero-order valence-corrected chi connectivity index (χ0v) is 17.6. The predicted octanol–water partition coefficient (Wildman–Crippen LogP) is 3.19. The molecule has 0 saturated carbocycles. The first kappa shape index (κ1) is 20.8. The van der Waals surface area contributed by atoms with Gasteiger partial charge in [-0.2, -0.15) is 0 Å². The van der Waals surface area contributed by atoms with Crippen molar-refractivity contribution in [3.8, 4) is 5.75 Å². The zero-order valence-electron chi connectivity index (χ0n) is 16.0. The number of nitrogens with one attached hydrogen (secondary N) is 1. The van der Waals surface area contributed by atoms with E-state index in [-0.39, 0.29) is 11.9 Å². The highest BCUT2D eigenvalue weighted by molar-refractivity contribution is 7.91. The van der Waals surface area contributed by atoms with E-state index in [2.05, 4.69) is 4.72 Å². The number of carbonyl (C=O) groups is 1. The second-order valence-corrected chi connectivity index (χ2v) is 9.81. The van der Waals surface area contributed by atoms with Crippen LogP contribution in [-0.4, -0.2) is 45.0 Å². The van der Waals surface area contributed by atoms with E-state index >= 15 is 0 Å². The number of ether oxygens (including phenoxy) is 1. The number of para-hydroxylation sites is 1. The van der Waals surface area contributed by atoms with Crippen LogP contribution in [-0.2, 0) is 14.8 Å². The van der Waals surface area contributed by atoms with Crippen molar-refractivity contribution in [1.29, 1.82) is 0 Å². The molecular formula is C20H26N2O4S2. The van der Waals surface area contributed by atoms with Crippen LogP contribution in [0.1, 0.15) is 31.2 Å². The molecule has 0 atom stereocenters. The van der Waals surface area contributed by atoms with Crippen LogP contribution in [0.5, 0.6) is 5.75 Å². The van der Waals surface area contributed by atoms with Crippen LogP contribution in [0.2, 0.25) is 0 Å². The number of nitrogens with zero attached hydrogens (tertiary/aromatic N) is 1. The zero-order chi connectivity index (χ0) is 20.0. The lowest BCUT2D eigenvalue weighted by atomic mass is 10.1. The first-order chi connectivity index (χ1) is 13.5. The first-order valence-corrected chi connectivity index (χ1v) is 11.8. The van der Waals surface area contributed by atoms with Crippen molar-refractivity contribution in [2.75, 3.05) is 19.7 Å². The number of amides is 1. The van der Waals surface area contributed by atoms with Gasteiger partial charge in [0.2, 0.25) is 15.9 Å². The van der Waals surface area contributed by atoms with E-state index in [0.29, 0.717) is 49.6 Å². The third-order valence-corrected chi connectivity index (χ3v) is 7.73. The molecule has 1 aromatic carbocycles. The number of rotatable bonds is 8. The molecule has 1 fully saturated rings. The minimum Gasteiger partial charge on any atom is -0.493 e. The van der Waals surface area contributed by atoms with Crippen molar-refractivity contribution >= 4 is 27.3 Å². The van der Waals surface area contributed by atoms with E-state index in [1.165, 1.54) is 11.3 Å². The fourth-order valence-electron chi connectivity index (χ4n) is 3.22. The summed E-state index contributed by atoms with van der Waals surface area (Å²) in [6, 6.07) is 11.0. The van der Waals surface area contributed by atoms with Crippen LogP contribution in [0.15, 0.2) is 46.0 Å². The highest BCUT2D eigenvalue weighted by Crippen LogP contribution is 2.20. The summed E-state index contributed by atoms with van der Waals surface area (Å²) in [4.78, 5) is 14.2.